The maximum Gasteiger partial charge on any atom is 0.263 e. The summed E-state index contributed by atoms with van der Waals surface area (Å²) in [4.78, 5) is 46.4. The Morgan fingerprint density at radius 3 is 2.25 bits per heavy atom. The molecule has 0 aliphatic carbocycles. The van der Waals surface area contributed by atoms with Crippen LogP contribution in [-0.2, 0) is 9.59 Å². The lowest BCUT2D eigenvalue weighted by molar-refractivity contribution is -0.141. The van der Waals surface area contributed by atoms with Crippen LogP contribution in [0.15, 0.2) is 60.7 Å². The summed E-state index contributed by atoms with van der Waals surface area (Å²) < 4.78 is 0. The molecule has 2 saturated heterocycles. The highest BCUT2D eigenvalue weighted by Gasteiger charge is 2.39. The molecule has 6 nitrogen and oxygen atoms in total. The van der Waals surface area contributed by atoms with Crippen molar-refractivity contribution in [3.8, 4) is 10.4 Å². The number of benzene rings is 2. The molecule has 5 rings (SSSR count). The third kappa shape index (κ3) is 6.07. The molecule has 0 bridgehead atoms. The Morgan fingerprint density at radius 1 is 0.875 bits per heavy atom. The molecule has 3 aromatic rings. The van der Waals surface area contributed by atoms with Crippen molar-refractivity contribution in [2.75, 3.05) is 33.2 Å². The van der Waals surface area contributed by atoms with Crippen LogP contribution >= 0.6 is 34.5 Å². The number of likely N-dealkylation sites (N-methyl/N-ethyl adjacent to an activating group) is 1. The fraction of sp³-hybridized carbons (Fsp3) is 0.387. The Balaban J connectivity index is 1.35. The number of carbonyl (C=O) groups is 3. The number of hydrogen-bond donors (Lipinski definition) is 0. The number of piperidine rings is 2. The zero-order chi connectivity index (χ0) is 28.4. The van der Waals surface area contributed by atoms with Gasteiger partial charge in [0.2, 0.25) is 11.8 Å². The molecule has 0 radical (unpaired) electrons. The van der Waals surface area contributed by atoms with Crippen LogP contribution in [0.3, 0.4) is 0 Å². The van der Waals surface area contributed by atoms with Crippen LogP contribution in [0.25, 0.3) is 10.4 Å². The number of rotatable bonds is 5. The van der Waals surface area contributed by atoms with Crippen LogP contribution < -0.4 is 0 Å². The van der Waals surface area contributed by atoms with E-state index >= 15 is 0 Å². The second-order valence-electron chi connectivity index (χ2n) is 10.6. The average Bonchev–Trinajstić information content (AvgIpc) is 3.48. The van der Waals surface area contributed by atoms with Gasteiger partial charge in [0, 0.05) is 62.9 Å². The molecule has 210 valence electrons. The van der Waals surface area contributed by atoms with Gasteiger partial charge in [-0.15, -0.1) is 11.3 Å². The van der Waals surface area contributed by atoms with E-state index in [1.54, 1.807) is 13.0 Å². The number of amides is 3. The SMILES string of the molecule is CC(=O)N1CCC(C(=O)N2CC[C@@H](N(C)C(=O)c3ccc(-c4ccccc4)s3)[C@H](c3ccc(Cl)c(Cl)c3)C2)CC1. The number of hydrogen-bond acceptors (Lipinski definition) is 4. The molecule has 3 heterocycles. The highest BCUT2D eigenvalue weighted by Crippen LogP contribution is 2.36. The molecular weight excluding hydrogens is 565 g/mol. The zero-order valence-corrected chi connectivity index (χ0v) is 25.0. The molecule has 3 amide bonds. The van der Waals surface area contributed by atoms with Crippen LogP contribution in [0.4, 0.5) is 0 Å². The van der Waals surface area contributed by atoms with Crippen molar-refractivity contribution in [2.24, 2.45) is 5.92 Å². The minimum atomic E-state index is -0.118. The normalized spacial score (nSPS) is 19.9. The Labute approximate surface area is 249 Å². The van der Waals surface area contributed by atoms with E-state index < -0.39 is 0 Å². The molecule has 2 aliphatic rings. The van der Waals surface area contributed by atoms with Gasteiger partial charge in [-0.1, -0.05) is 59.6 Å². The number of thiophene rings is 1. The number of likely N-dealkylation sites (tertiary alicyclic amines) is 2. The number of nitrogens with zero attached hydrogens (tertiary/aromatic N) is 3. The number of carbonyl (C=O) groups excluding carboxylic acids is 3. The van der Waals surface area contributed by atoms with Gasteiger partial charge in [0.15, 0.2) is 0 Å². The molecule has 0 saturated carbocycles. The number of halogens is 2. The van der Waals surface area contributed by atoms with Gasteiger partial charge in [-0.25, -0.2) is 0 Å². The summed E-state index contributed by atoms with van der Waals surface area (Å²) in [5.74, 6) is -0.0541. The molecule has 0 spiro atoms. The Morgan fingerprint density at radius 2 is 1.57 bits per heavy atom. The van der Waals surface area contributed by atoms with Gasteiger partial charge in [-0.3, -0.25) is 14.4 Å². The summed E-state index contributed by atoms with van der Waals surface area (Å²) in [6.07, 6.45) is 2.01. The summed E-state index contributed by atoms with van der Waals surface area (Å²) in [5, 5.41) is 0.928. The van der Waals surface area contributed by atoms with E-state index in [1.807, 2.05) is 76.3 Å². The second-order valence-corrected chi connectivity index (χ2v) is 12.5. The van der Waals surface area contributed by atoms with Gasteiger partial charge in [0.05, 0.1) is 14.9 Å². The Kier molecular flexibility index (Phi) is 8.83. The monoisotopic (exact) mass is 597 g/mol. The first-order valence-electron chi connectivity index (χ1n) is 13.6. The highest BCUT2D eigenvalue weighted by atomic mass is 35.5. The fourth-order valence-corrected chi connectivity index (χ4v) is 7.21. The van der Waals surface area contributed by atoms with E-state index in [9.17, 15) is 14.4 Å². The molecule has 40 heavy (non-hydrogen) atoms. The molecule has 9 heteroatoms. The van der Waals surface area contributed by atoms with Crippen LogP contribution in [0.2, 0.25) is 10.0 Å². The summed E-state index contributed by atoms with van der Waals surface area (Å²) in [5.41, 5.74) is 2.04. The fourth-order valence-electron chi connectivity index (χ4n) is 5.91. The van der Waals surface area contributed by atoms with E-state index in [4.69, 9.17) is 23.2 Å². The van der Waals surface area contributed by atoms with Crippen molar-refractivity contribution in [1.82, 2.24) is 14.7 Å². The van der Waals surface area contributed by atoms with Crippen LogP contribution in [-0.4, -0.2) is 71.7 Å². The van der Waals surface area contributed by atoms with Crippen molar-refractivity contribution in [3.05, 3.63) is 81.1 Å². The summed E-state index contributed by atoms with van der Waals surface area (Å²) in [7, 11) is 1.86. The van der Waals surface area contributed by atoms with Gasteiger partial charge in [-0.05, 0) is 54.7 Å². The first-order valence-corrected chi connectivity index (χ1v) is 15.2. The molecule has 0 N–H and O–H groups in total. The molecule has 1 aromatic heterocycles. The molecule has 0 unspecified atom stereocenters. The highest BCUT2D eigenvalue weighted by molar-refractivity contribution is 7.17. The Bertz CT molecular complexity index is 1390. The smallest absolute Gasteiger partial charge is 0.263 e. The molecule has 2 atom stereocenters. The van der Waals surface area contributed by atoms with Crippen LogP contribution in [0, 0.1) is 5.92 Å². The molecule has 2 fully saturated rings. The third-order valence-electron chi connectivity index (χ3n) is 8.24. The lowest BCUT2D eigenvalue weighted by Crippen LogP contribution is -2.53. The van der Waals surface area contributed by atoms with E-state index in [0.717, 1.165) is 16.0 Å². The molecule has 2 aromatic carbocycles. The largest absolute Gasteiger partial charge is 0.343 e. The van der Waals surface area contributed by atoms with Crippen molar-refractivity contribution in [2.45, 2.75) is 38.1 Å². The molecule has 2 aliphatic heterocycles. The second kappa shape index (κ2) is 12.3. The Hall–Kier alpha value is -2.87. The van der Waals surface area contributed by atoms with E-state index in [-0.39, 0.29) is 35.6 Å². The predicted molar refractivity (Wildman–Crippen MR) is 161 cm³/mol. The van der Waals surface area contributed by atoms with Crippen molar-refractivity contribution < 1.29 is 14.4 Å². The topological polar surface area (TPSA) is 60.9 Å². The first-order chi connectivity index (χ1) is 19.2. The van der Waals surface area contributed by atoms with Crippen molar-refractivity contribution in [3.63, 3.8) is 0 Å². The van der Waals surface area contributed by atoms with E-state index in [0.29, 0.717) is 60.4 Å². The summed E-state index contributed by atoms with van der Waals surface area (Å²) in [6.45, 7) is 3.87. The minimum Gasteiger partial charge on any atom is -0.343 e. The maximum atomic E-state index is 13.7. The minimum absolute atomic E-state index is 0.0291. The van der Waals surface area contributed by atoms with Crippen LogP contribution in [0.1, 0.15) is 47.3 Å². The lowest BCUT2D eigenvalue weighted by atomic mass is 9.84. The van der Waals surface area contributed by atoms with Gasteiger partial charge in [0.1, 0.15) is 0 Å². The van der Waals surface area contributed by atoms with Gasteiger partial charge in [0.25, 0.3) is 5.91 Å². The van der Waals surface area contributed by atoms with Gasteiger partial charge >= 0.3 is 0 Å². The summed E-state index contributed by atoms with van der Waals surface area (Å²) >= 11 is 14.1. The van der Waals surface area contributed by atoms with Gasteiger partial charge in [-0.2, -0.15) is 0 Å². The van der Waals surface area contributed by atoms with E-state index in [2.05, 4.69) is 0 Å². The van der Waals surface area contributed by atoms with Crippen molar-refractivity contribution in [1.29, 1.82) is 0 Å². The van der Waals surface area contributed by atoms with Crippen molar-refractivity contribution >= 4 is 52.3 Å². The predicted octanol–water partition coefficient (Wildman–Crippen LogP) is 6.44. The van der Waals surface area contributed by atoms with Gasteiger partial charge < -0.3 is 14.7 Å². The molecular formula is C31H33Cl2N3O3S. The van der Waals surface area contributed by atoms with Crippen LogP contribution in [0.5, 0.6) is 0 Å². The third-order valence-corrected chi connectivity index (χ3v) is 10.1. The average molecular weight is 599 g/mol. The zero-order valence-electron chi connectivity index (χ0n) is 22.7. The summed E-state index contributed by atoms with van der Waals surface area (Å²) in [6, 6.07) is 19.4. The standard InChI is InChI=1S/C31H33Cl2N3O3S/c1-20(37)35-15-12-22(13-16-35)30(38)36-17-14-27(24(19-36)23-8-9-25(32)26(33)18-23)34(2)31(39)29-11-10-28(40-29)21-6-4-3-5-7-21/h3-11,18,22,24,27H,12-17,19H2,1-2H3/t24-,27+/m0/s1. The van der Waals surface area contributed by atoms with E-state index in [1.165, 1.54) is 11.3 Å². The lowest BCUT2D eigenvalue weighted by Gasteiger charge is -2.44. The quantitative estimate of drug-likeness (QED) is 0.340. The first kappa shape index (κ1) is 28.7. The maximum absolute atomic E-state index is 13.7.